The molecule has 3 N–H and O–H groups in total. The second-order valence-corrected chi connectivity index (χ2v) is 8.66. The van der Waals surface area contributed by atoms with Crippen molar-refractivity contribution in [1.29, 1.82) is 0 Å². The molecule has 0 spiro atoms. The van der Waals surface area contributed by atoms with Crippen molar-refractivity contribution in [3.63, 3.8) is 0 Å². The highest BCUT2D eigenvalue weighted by Crippen LogP contribution is 2.33. The number of carbonyl (C=O) groups is 4. The summed E-state index contributed by atoms with van der Waals surface area (Å²) in [6, 6.07) is 22.1. The molecule has 0 bridgehead atoms. The van der Waals surface area contributed by atoms with Gasteiger partial charge in [0.2, 0.25) is 0 Å². The second-order valence-electron chi connectivity index (χ2n) is 8.66. The van der Waals surface area contributed by atoms with Gasteiger partial charge in [-0.1, -0.05) is 66.7 Å². The monoisotopic (exact) mass is 486 g/mol. The summed E-state index contributed by atoms with van der Waals surface area (Å²) >= 11 is 0. The molecule has 8 heteroatoms. The van der Waals surface area contributed by atoms with E-state index in [1.54, 1.807) is 54.6 Å². The standard InChI is InChI=1S/C28H26N2O6/c31-24(17-25(32)27(34)30-22-14-8-7-13-20(22)16-23(30)28(35)36)21(15-18-9-3-1-4-10-18)29-26(33)19-11-5-2-6-12-19/h1-14,21,23,25,32H,15-17H2,(H,29,33)(H,35,36)/t21-,23-,25+/m0/s1. The molecule has 3 aromatic carbocycles. The predicted octanol–water partition coefficient (Wildman–Crippen LogP) is 2.39. The number of rotatable bonds is 9. The molecule has 2 amide bonds. The van der Waals surface area contributed by atoms with Crippen LogP contribution in [-0.4, -0.2) is 52.0 Å². The predicted molar refractivity (Wildman–Crippen MR) is 133 cm³/mol. The van der Waals surface area contributed by atoms with Gasteiger partial charge in [0, 0.05) is 24.1 Å². The smallest absolute Gasteiger partial charge is 0.327 e. The van der Waals surface area contributed by atoms with Crippen LogP contribution in [-0.2, 0) is 27.2 Å². The highest BCUT2D eigenvalue weighted by atomic mass is 16.4. The third-order valence-electron chi connectivity index (χ3n) is 6.19. The maximum Gasteiger partial charge on any atom is 0.327 e. The Hall–Kier alpha value is -4.30. The molecule has 0 fully saturated rings. The van der Waals surface area contributed by atoms with E-state index in [9.17, 15) is 29.4 Å². The minimum Gasteiger partial charge on any atom is -0.480 e. The molecule has 0 saturated heterocycles. The summed E-state index contributed by atoms with van der Waals surface area (Å²) in [5, 5.41) is 23.1. The van der Waals surface area contributed by atoms with Gasteiger partial charge in [-0.15, -0.1) is 0 Å². The van der Waals surface area contributed by atoms with Crippen LogP contribution >= 0.6 is 0 Å². The molecule has 8 nitrogen and oxygen atoms in total. The number of hydrogen-bond acceptors (Lipinski definition) is 5. The third-order valence-corrected chi connectivity index (χ3v) is 6.19. The van der Waals surface area contributed by atoms with E-state index in [0.29, 0.717) is 16.8 Å². The molecule has 0 aromatic heterocycles. The number of carboxylic acid groups (broad SMARTS) is 1. The van der Waals surface area contributed by atoms with E-state index < -0.39 is 48.2 Å². The van der Waals surface area contributed by atoms with Crippen LogP contribution in [0.1, 0.15) is 27.9 Å². The molecule has 0 saturated carbocycles. The lowest BCUT2D eigenvalue weighted by atomic mass is 9.97. The highest BCUT2D eigenvalue weighted by Gasteiger charge is 2.41. The van der Waals surface area contributed by atoms with Crippen molar-refractivity contribution in [1.82, 2.24) is 5.32 Å². The van der Waals surface area contributed by atoms with E-state index in [-0.39, 0.29) is 12.8 Å². The van der Waals surface area contributed by atoms with Gasteiger partial charge >= 0.3 is 5.97 Å². The zero-order valence-electron chi connectivity index (χ0n) is 19.4. The van der Waals surface area contributed by atoms with Crippen molar-refractivity contribution in [2.24, 2.45) is 0 Å². The molecular formula is C28H26N2O6. The summed E-state index contributed by atoms with van der Waals surface area (Å²) in [7, 11) is 0. The number of ketones is 1. The van der Waals surface area contributed by atoms with Crippen LogP contribution < -0.4 is 10.2 Å². The lowest BCUT2D eigenvalue weighted by molar-refractivity contribution is -0.141. The maximum absolute atomic E-state index is 13.2. The Bertz CT molecular complexity index is 1260. The van der Waals surface area contributed by atoms with Gasteiger partial charge in [-0.2, -0.15) is 0 Å². The molecule has 3 atom stereocenters. The summed E-state index contributed by atoms with van der Waals surface area (Å²) in [6.07, 6.45) is -2.06. The largest absolute Gasteiger partial charge is 0.480 e. The Balaban J connectivity index is 1.52. The van der Waals surface area contributed by atoms with Crippen molar-refractivity contribution < 1.29 is 29.4 Å². The number of carboxylic acids is 1. The fourth-order valence-electron chi connectivity index (χ4n) is 4.36. The van der Waals surface area contributed by atoms with Gasteiger partial charge in [-0.25, -0.2) is 4.79 Å². The van der Waals surface area contributed by atoms with E-state index in [1.165, 1.54) is 0 Å². The van der Waals surface area contributed by atoms with E-state index in [2.05, 4.69) is 5.32 Å². The van der Waals surface area contributed by atoms with Crippen LogP contribution in [0.2, 0.25) is 0 Å². The Morgan fingerprint density at radius 1 is 0.889 bits per heavy atom. The van der Waals surface area contributed by atoms with E-state index in [1.807, 2.05) is 30.3 Å². The van der Waals surface area contributed by atoms with Crippen LogP contribution in [0.15, 0.2) is 84.9 Å². The number of Topliss-reactive ketones (excluding diaryl/α,β-unsaturated/α-hetero) is 1. The number of anilines is 1. The number of fused-ring (bicyclic) bond motifs is 1. The average molecular weight is 487 g/mol. The van der Waals surface area contributed by atoms with Gasteiger partial charge in [-0.3, -0.25) is 19.3 Å². The van der Waals surface area contributed by atoms with Crippen molar-refractivity contribution in [2.75, 3.05) is 4.90 Å². The number of nitrogens with one attached hydrogen (secondary N) is 1. The lowest BCUT2D eigenvalue weighted by Gasteiger charge is -2.26. The molecule has 4 rings (SSSR count). The Morgan fingerprint density at radius 3 is 2.17 bits per heavy atom. The Labute approximate surface area is 208 Å². The SMILES string of the molecule is O=C(N[C@@H](Cc1ccccc1)C(=O)C[C@@H](O)C(=O)N1c2ccccc2C[C@H]1C(=O)O)c1ccccc1. The number of carbonyl (C=O) groups excluding carboxylic acids is 3. The minimum atomic E-state index is -1.77. The van der Waals surface area contributed by atoms with Crippen LogP contribution in [0.3, 0.4) is 0 Å². The number of para-hydroxylation sites is 1. The molecule has 0 aliphatic carbocycles. The molecular weight excluding hydrogens is 460 g/mol. The molecule has 1 aliphatic heterocycles. The molecule has 36 heavy (non-hydrogen) atoms. The average Bonchev–Trinajstić information content (AvgIpc) is 3.29. The summed E-state index contributed by atoms with van der Waals surface area (Å²) < 4.78 is 0. The number of aliphatic carboxylic acids is 1. The lowest BCUT2D eigenvalue weighted by Crippen LogP contribution is -2.49. The number of aliphatic hydroxyl groups excluding tert-OH is 1. The summed E-state index contributed by atoms with van der Waals surface area (Å²) in [4.78, 5) is 52.0. The Kier molecular flexibility index (Phi) is 7.56. The zero-order valence-corrected chi connectivity index (χ0v) is 19.4. The minimum absolute atomic E-state index is 0.113. The normalized spacial score (nSPS) is 16.0. The van der Waals surface area contributed by atoms with Gasteiger partial charge in [0.15, 0.2) is 5.78 Å². The van der Waals surface area contributed by atoms with Crippen molar-refractivity contribution in [3.8, 4) is 0 Å². The van der Waals surface area contributed by atoms with Gasteiger partial charge in [0.05, 0.1) is 6.04 Å². The first-order chi connectivity index (χ1) is 17.3. The van der Waals surface area contributed by atoms with Crippen LogP contribution in [0.5, 0.6) is 0 Å². The van der Waals surface area contributed by atoms with Gasteiger partial charge < -0.3 is 15.5 Å². The summed E-state index contributed by atoms with van der Waals surface area (Å²) in [5.74, 6) is -3.06. The first-order valence-electron chi connectivity index (χ1n) is 11.6. The van der Waals surface area contributed by atoms with Gasteiger partial charge in [0.1, 0.15) is 12.1 Å². The van der Waals surface area contributed by atoms with E-state index >= 15 is 0 Å². The number of aliphatic hydroxyl groups is 1. The first-order valence-corrected chi connectivity index (χ1v) is 11.6. The van der Waals surface area contributed by atoms with Crippen LogP contribution in [0.4, 0.5) is 5.69 Å². The molecule has 184 valence electrons. The molecule has 0 unspecified atom stereocenters. The molecule has 3 aromatic rings. The number of hydrogen-bond donors (Lipinski definition) is 3. The van der Waals surface area contributed by atoms with E-state index in [4.69, 9.17) is 0 Å². The van der Waals surface area contributed by atoms with Crippen molar-refractivity contribution in [2.45, 2.75) is 37.5 Å². The number of nitrogens with zero attached hydrogens (tertiary/aromatic N) is 1. The highest BCUT2D eigenvalue weighted by molar-refractivity contribution is 6.06. The quantitative estimate of drug-likeness (QED) is 0.427. The van der Waals surface area contributed by atoms with Crippen molar-refractivity contribution >= 4 is 29.3 Å². The topological polar surface area (TPSA) is 124 Å². The Morgan fingerprint density at radius 2 is 1.50 bits per heavy atom. The number of benzene rings is 3. The number of amides is 2. The molecule has 0 radical (unpaired) electrons. The summed E-state index contributed by atoms with van der Waals surface area (Å²) in [6.45, 7) is 0. The van der Waals surface area contributed by atoms with E-state index in [0.717, 1.165) is 10.5 Å². The fourth-order valence-corrected chi connectivity index (χ4v) is 4.36. The fraction of sp³-hybridized carbons (Fsp3) is 0.214. The molecule has 1 aliphatic rings. The second kappa shape index (κ2) is 11.0. The summed E-state index contributed by atoms with van der Waals surface area (Å²) in [5.41, 5.74) is 2.25. The first kappa shape index (κ1) is 24.8. The van der Waals surface area contributed by atoms with Crippen LogP contribution in [0, 0.1) is 0 Å². The van der Waals surface area contributed by atoms with Gasteiger partial charge in [0.25, 0.3) is 11.8 Å². The van der Waals surface area contributed by atoms with Gasteiger partial charge in [-0.05, 0) is 35.7 Å². The molecule has 1 heterocycles. The third kappa shape index (κ3) is 5.50. The zero-order chi connectivity index (χ0) is 25.7. The van der Waals surface area contributed by atoms with Crippen molar-refractivity contribution in [3.05, 3.63) is 102 Å². The maximum atomic E-state index is 13.2. The van der Waals surface area contributed by atoms with Crippen LogP contribution in [0.25, 0.3) is 0 Å².